The third-order valence-electron chi connectivity index (χ3n) is 6.38. The van der Waals surface area contributed by atoms with Crippen molar-refractivity contribution < 1.29 is 13.9 Å². The number of nitrogens with zero attached hydrogens (tertiary/aromatic N) is 1. The molecule has 0 amide bonds. The number of hydrogen-bond acceptors (Lipinski definition) is 5. The van der Waals surface area contributed by atoms with E-state index in [1.165, 1.54) is 17.7 Å². The van der Waals surface area contributed by atoms with Crippen molar-refractivity contribution in [1.29, 1.82) is 0 Å². The molecular formula is C25H29FN4O2. The van der Waals surface area contributed by atoms with Gasteiger partial charge in [-0.1, -0.05) is 6.08 Å². The molecule has 3 heterocycles. The molecule has 1 aliphatic heterocycles. The lowest BCUT2D eigenvalue weighted by molar-refractivity contribution is 0.0274. The number of pyridine rings is 1. The maximum absolute atomic E-state index is 14.0. The Morgan fingerprint density at radius 1 is 1.25 bits per heavy atom. The zero-order valence-corrected chi connectivity index (χ0v) is 18.3. The van der Waals surface area contributed by atoms with Gasteiger partial charge in [-0.2, -0.15) is 0 Å². The molecular weight excluding hydrogens is 407 g/mol. The average molecular weight is 437 g/mol. The smallest absolute Gasteiger partial charge is 0.138 e. The van der Waals surface area contributed by atoms with Crippen LogP contribution >= 0.6 is 0 Å². The van der Waals surface area contributed by atoms with Gasteiger partial charge in [0.1, 0.15) is 17.2 Å². The van der Waals surface area contributed by atoms with Gasteiger partial charge in [-0.3, -0.25) is 0 Å². The van der Waals surface area contributed by atoms with Crippen molar-refractivity contribution in [2.45, 2.75) is 31.4 Å². The van der Waals surface area contributed by atoms with Crippen LogP contribution in [0.3, 0.4) is 0 Å². The van der Waals surface area contributed by atoms with Crippen LogP contribution in [0.1, 0.15) is 25.0 Å². The molecule has 0 bridgehead atoms. The minimum atomic E-state index is -0.288. The van der Waals surface area contributed by atoms with Gasteiger partial charge in [-0.25, -0.2) is 9.37 Å². The number of allylic oxidation sites excluding steroid dienone is 1. The van der Waals surface area contributed by atoms with Crippen LogP contribution < -0.4 is 15.4 Å². The first-order chi connectivity index (χ1) is 15.7. The van der Waals surface area contributed by atoms with Crippen molar-refractivity contribution in [2.75, 3.05) is 33.4 Å². The van der Waals surface area contributed by atoms with E-state index in [-0.39, 0.29) is 11.9 Å². The Balaban J connectivity index is 1.34. The van der Waals surface area contributed by atoms with Crippen molar-refractivity contribution in [2.24, 2.45) is 0 Å². The van der Waals surface area contributed by atoms with Gasteiger partial charge in [0, 0.05) is 48.5 Å². The summed E-state index contributed by atoms with van der Waals surface area (Å²) in [6, 6.07) is 9.10. The summed E-state index contributed by atoms with van der Waals surface area (Å²) < 4.78 is 25.2. The number of fused-ring (bicyclic) bond motifs is 1. The molecule has 1 aromatic carbocycles. The van der Waals surface area contributed by atoms with Crippen LogP contribution in [0.2, 0.25) is 0 Å². The zero-order valence-electron chi connectivity index (χ0n) is 18.3. The number of nitrogens with one attached hydrogen (secondary N) is 3. The van der Waals surface area contributed by atoms with Crippen LogP contribution in [0.4, 0.5) is 4.39 Å². The van der Waals surface area contributed by atoms with Gasteiger partial charge in [0.15, 0.2) is 0 Å². The predicted molar refractivity (Wildman–Crippen MR) is 124 cm³/mol. The molecule has 0 radical (unpaired) electrons. The van der Waals surface area contributed by atoms with Gasteiger partial charge in [0.2, 0.25) is 0 Å². The monoisotopic (exact) mass is 436 g/mol. The Kier molecular flexibility index (Phi) is 6.21. The highest BCUT2D eigenvalue weighted by Crippen LogP contribution is 2.37. The summed E-state index contributed by atoms with van der Waals surface area (Å²) in [7, 11) is 1.60. The lowest BCUT2D eigenvalue weighted by Gasteiger charge is -2.28. The maximum atomic E-state index is 14.0. The molecule has 2 aliphatic rings. The second-order valence-electron chi connectivity index (χ2n) is 8.45. The molecule has 5 rings (SSSR count). The fraction of sp³-hybridized carbons (Fsp3) is 0.400. The van der Waals surface area contributed by atoms with E-state index in [2.05, 4.69) is 32.7 Å². The fourth-order valence-electron chi connectivity index (χ4n) is 4.64. The van der Waals surface area contributed by atoms with Crippen LogP contribution in [0, 0.1) is 5.82 Å². The highest BCUT2D eigenvalue weighted by molar-refractivity contribution is 5.96. The SMILES string of the molecule is COc1ccc(F)cc1-c1ccnc2[nH]c(C3=CCC(NCC4CNCCO4)CC3)cc12. The van der Waals surface area contributed by atoms with Gasteiger partial charge in [0.25, 0.3) is 0 Å². The number of aromatic amines is 1. The topological polar surface area (TPSA) is 71.2 Å². The van der Waals surface area contributed by atoms with Crippen molar-refractivity contribution >= 4 is 16.6 Å². The van der Waals surface area contributed by atoms with Gasteiger partial charge < -0.3 is 25.1 Å². The normalized spacial score (nSPS) is 21.5. The summed E-state index contributed by atoms with van der Waals surface area (Å²) in [4.78, 5) is 7.97. The highest BCUT2D eigenvalue weighted by Gasteiger charge is 2.20. The minimum absolute atomic E-state index is 0.257. The summed E-state index contributed by atoms with van der Waals surface area (Å²) >= 11 is 0. The van der Waals surface area contributed by atoms with Gasteiger partial charge in [-0.15, -0.1) is 0 Å². The quantitative estimate of drug-likeness (QED) is 0.547. The first-order valence-electron chi connectivity index (χ1n) is 11.3. The molecule has 168 valence electrons. The number of rotatable bonds is 6. The number of morpholine rings is 1. The van der Waals surface area contributed by atoms with E-state index >= 15 is 0 Å². The number of methoxy groups -OCH3 is 1. The molecule has 1 saturated heterocycles. The number of H-pyrrole nitrogens is 1. The Morgan fingerprint density at radius 3 is 2.97 bits per heavy atom. The number of ether oxygens (including phenoxy) is 2. The van der Waals surface area contributed by atoms with Crippen molar-refractivity contribution in [3.05, 3.63) is 54.1 Å². The summed E-state index contributed by atoms with van der Waals surface area (Å²) in [6.07, 6.45) is 7.38. The second-order valence-corrected chi connectivity index (χ2v) is 8.45. The van der Waals surface area contributed by atoms with Crippen LogP contribution in [0.15, 0.2) is 42.6 Å². The number of benzene rings is 1. The van der Waals surface area contributed by atoms with E-state index in [4.69, 9.17) is 9.47 Å². The van der Waals surface area contributed by atoms with E-state index < -0.39 is 0 Å². The molecule has 32 heavy (non-hydrogen) atoms. The molecule has 3 aromatic rings. The summed E-state index contributed by atoms with van der Waals surface area (Å²) in [5.41, 5.74) is 4.81. The zero-order chi connectivity index (χ0) is 21.9. The Labute approximate surface area is 187 Å². The third kappa shape index (κ3) is 4.41. The van der Waals surface area contributed by atoms with Crippen LogP contribution in [0.5, 0.6) is 5.75 Å². The summed E-state index contributed by atoms with van der Waals surface area (Å²) in [5, 5.41) is 8.00. The van der Waals surface area contributed by atoms with E-state index in [0.717, 1.165) is 73.4 Å². The highest BCUT2D eigenvalue weighted by atomic mass is 19.1. The molecule has 0 saturated carbocycles. The standard InChI is InChI=1S/C25H29FN4O2/c1-31-24-7-4-17(26)12-21(24)20-8-9-28-25-22(20)13-23(30-25)16-2-5-18(6-3-16)29-15-19-14-27-10-11-32-19/h2,4,7-9,12-13,18-19,27,29H,3,5-6,10-11,14-15H2,1H3,(H,28,30). The molecule has 0 spiro atoms. The van der Waals surface area contributed by atoms with Crippen LogP contribution in [-0.4, -0.2) is 55.5 Å². The van der Waals surface area contributed by atoms with Crippen molar-refractivity contribution in [1.82, 2.24) is 20.6 Å². The van der Waals surface area contributed by atoms with Crippen LogP contribution in [-0.2, 0) is 4.74 Å². The van der Waals surface area contributed by atoms with E-state index in [9.17, 15) is 4.39 Å². The molecule has 3 N–H and O–H groups in total. The molecule has 2 unspecified atom stereocenters. The van der Waals surface area contributed by atoms with Crippen molar-refractivity contribution in [3.63, 3.8) is 0 Å². The molecule has 1 fully saturated rings. The Morgan fingerprint density at radius 2 is 2.19 bits per heavy atom. The Bertz CT molecular complexity index is 1120. The molecule has 6 nitrogen and oxygen atoms in total. The summed E-state index contributed by atoms with van der Waals surface area (Å²) in [6.45, 7) is 3.54. The third-order valence-corrected chi connectivity index (χ3v) is 6.38. The molecule has 7 heteroatoms. The first kappa shape index (κ1) is 21.1. The maximum Gasteiger partial charge on any atom is 0.138 e. The molecule has 1 aliphatic carbocycles. The molecule has 2 atom stereocenters. The Hall–Kier alpha value is -2.74. The first-order valence-corrected chi connectivity index (χ1v) is 11.3. The minimum Gasteiger partial charge on any atom is -0.496 e. The van der Waals surface area contributed by atoms with E-state index in [0.29, 0.717) is 11.8 Å². The summed E-state index contributed by atoms with van der Waals surface area (Å²) in [5.74, 6) is 0.356. The number of halogens is 1. The van der Waals surface area contributed by atoms with Crippen molar-refractivity contribution in [3.8, 4) is 16.9 Å². The van der Waals surface area contributed by atoms with E-state index in [1.54, 1.807) is 19.4 Å². The number of aromatic nitrogens is 2. The molecule has 2 aromatic heterocycles. The van der Waals surface area contributed by atoms with Gasteiger partial charge in [-0.05, 0) is 60.7 Å². The number of hydrogen-bond donors (Lipinski definition) is 3. The van der Waals surface area contributed by atoms with Crippen LogP contribution in [0.25, 0.3) is 27.7 Å². The van der Waals surface area contributed by atoms with Gasteiger partial charge in [0.05, 0.1) is 19.8 Å². The average Bonchev–Trinajstić information content (AvgIpc) is 3.28. The fourth-order valence-corrected chi connectivity index (χ4v) is 4.64. The van der Waals surface area contributed by atoms with Gasteiger partial charge >= 0.3 is 0 Å². The lowest BCUT2D eigenvalue weighted by atomic mass is 9.93. The predicted octanol–water partition coefficient (Wildman–Crippen LogP) is 3.89. The van der Waals surface area contributed by atoms with E-state index in [1.807, 2.05) is 6.07 Å². The second kappa shape index (κ2) is 9.40. The largest absolute Gasteiger partial charge is 0.496 e. The lowest BCUT2D eigenvalue weighted by Crippen LogP contribution is -2.46.